The van der Waals surface area contributed by atoms with E-state index in [0.717, 1.165) is 22.3 Å². The lowest BCUT2D eigenvalue weighted by Crippen LogP contribution is -2.22. The molecular formula is C18H18N2O. The summed E-state index contributed by atoms with van der Waals surface area (Å²) in [5, 5.41) is 4.14. The quantitative estimate of drug-likeness (QED) is 0.753. The Bertz CT molecular complexity index is 802. The van der Waals surface area contributed by atoms with Crippen LogP contribution < -0.4 is 5.32 Å². The van der Waals surface area contributed by atoms with Gasteiger partial charge in [0.25, 0.3) is 5.91 Å². The lowest BCUT2D eigenvalue weighted by atomic mass is 10.1. The summed E-state index contributed by atoms with van der Waals surface area (Å²) in [6.07, 6.45) is 0. The summed E-state index contributed by atoms with van der Waals surface area (Å²) in [5.41, 5.74) is 5.16. The minimum atomic E-state index is -0.0379. The van der Waals surface area contributed by atoms with Gasteiger partial charge in [-0.2, -0.15) is 0 Å². The predicted molar refractivity (Wildman–Crippen MR) is 85.4 cm³/mol. The van der Waals surface area contributed by atoms with Crippen LogP contribution in [0.1, 0.15) is 27.2 Å². The topological polar surface area (TPSA) is 44.9 Å². The Morgan fingerprint density at radius 1 is 1.10 bits per heavy atom. The van der Waals surface area contributed by atoms with Crippen molar-refractivity contribution >= 4 is 16.8 Å². The molecule has 0 spiro atoms. The maximum atomic E-state index is 12.1. The summed E-state index contributed by atoms with van der Waals surface area (Å²) in [6.45, 7) is 4.56. The SMILES string of the molecule is Cc1cccc(C(=O)NCc2ccc3[nH]c(C)cc3c2)c1. The van der Waals surface area contributed by atoms with Crippen molar-refractivity contribution in [3.05, 3.63) is 70.9 Å². The first-order valence-corrected chi connectivity index (χ1v) is 7.05. The third kappa shape index (κ3) is 2.97. The van der Waals surface area contributed by atoms with Gasteiger partial charge < -0.3 is 10.3 Å². The number of carbonyl (C=O) groups is 1. The summed E-state index contributed by atoms with van der Waals surface area (Å²) in [5.74, 6) is -0.0379. The number of amides is 1. The highest BCUT2D eigenvalue weighted by molar-refractivity contribution is 5.94. The molecule has 0 aliphatic carbocycles. The number of carbonyl (C=O) groups excluding carboxylic acids is 1. The molecule has 2 aromatic carbocycles. The van der Waals surface area contributed by atoms with Gasteiger partial charge in [-0.25, -0.2) is 0 Å². The number of nitrogens with one attached hydrogen (secondary N) is 2. The smallest absolute Gasteiger partial charge is 0.251 e. The van der Waals surface area contributed by atoms with E-state index < -0.39 is 0 Å². The van der Waals surface area contributed by atoms with Crippen LogP contribution in [0.15, 0.2) is 48.5 Å². The Labute approximate surface area is 124 Å². The summed E-state index contributed by atoms with van der Waals surface area (Å²) >= 11 is 0. The second kappa shape index (κ2) is 5.44. The first-order valence-electron chi connectivity index (χ1n) is 7.05. The molecule has 0 atom stereocenters. The van der Waals surface area contributed by atoms with Crippen LogP contribution in [0.4, 0.5) is 0 Å². The lowest BCUT2D eigenvalue weighted by Gasteiger charge is -2.06. The van der Waals surface area contributed by atoms with E-state index in [2.05, 4.69) is 28.5 Å². The second-order valence-electron chi connectivity index (χ2n) is 5.43. The summed E-state index contributed by atoms with van der Waals surface area (Å²) in [4.78, 5) is 15.4. The molecule has 0 aliphatic heterocycles. The number of aromatic amines is 1. The third-order valence-electron chi connectivity index (χ3n) is 3.55. The zero-order chi connectivity index (χ0) is 14.8. The molecule has 21 heavy (non-hydrogen) atoms. The Balaban J connectivity index is 1.72. The largest absolute Gasteiger partial charge is 0.359 e. The number of H-pyrrole nitrogens is 1. The predicted octanol–water partition coefficient (Wildman–Crippen LogP) is 3.71. The Kier molecular flexibility index (Phi) is 3.48. The number of benzene rings is 2. The van der Waals surface area contributed by atoms with Crippen LogP contribution in [0.3, 0.4) is 0 Å². The molecule has 0 fully saturated rings. The average Bonchev–Trinajstić information content (AvgIpc) is 2.84. The van der Waals surface area contributed by atoms with Gasteiger partial charge in [-0.1, -0.05) is 23.8 Å². The first kappa shape index (κ1) is 13.4. The van der Waals surface area contributed by atoms with Crippen molar-refractivity contribution in [2.45, 2.75) is 20.4 Å². The van der Waals surface area contributed by atoms with E-state index in [-0.39, 0.29) is 5.91 Å². The van der Waals surface area contributed by atoms with Gasteiger partial charge in [0, 0.05) is 23.3 Å². The highest BCUT2D eigenvalue weighted by atomic mass is 16.1. The monoisotopic (exact) mass is 278 g/mol. The van der Waals surface area contributed by atoms with E-state index in [1.54, 1.807) is 0 Å². The maximum Gasteiger partial charge on any atom is 0.251 e. The summed E-state index contributed by atoms with van der Waals surface area (Å²) in [7, 11) is 0. The van der Waals surface area contributed by atoms with Crippen molar-refractivity contribution in [3.8, 4) is 0 Å². The van der Waals surface area contributed by atoms with Crippen molar-refractivity contribution in [1.82, 2.24) is 10.3 Å². The fraction of sp³-hybridized carbons (Fsp3) is 0.167. The van der Waals surface area contributed by atoms with Gasteiger partial charge in [-0.15, -0.1) is 0 Å². The van der Waals surface area contributed by atoms with Crippen LogP contribution in [0, 0.1) is 13.8 Å². The van der Waals surface area contributed by atoms with E-state index in [9.17, 15) is 4.79 Å². The molecule has 0 radical (unpaired) electrons. The standard InChI is InChI=1S/C18H18N2O/c1-12-4-3-5-15(8-12)18(21)19-11-14-6-7-17-16(10-14)9-13(2)20-17/h3-10,20H,11H2,1-2H3,(H,19,21). The van der Waals surface area contributed by atoms with E-state index in [1.807, 2.05) is 44.2 Å². The van der Waals surface area contributed by atoms with Gasteiger partial charge in [0.2, 0.25) is 0 Å². The van der Waals surface area contributed by atoms with Crippen molar-refractivity contribution in [3.63, 3.8) is 0 Å². The molecule has 3 heteroatoms. The van der Waals surface area contributed by atoms with Gasteiger partial charge >= 0.3 is 0 Å². The zero-order valence-electron chi connectivity index (χ0n) is 12.2. The van der Waals surface area contributed by atoms with Crippen molar-refractivity contribution in [2.75, 3.05) is 0 Å². The van der Waals surface area contributed by atoms with Crippen molar-refractivity contribution < 1.29 is 4.79 Å². The molecule has 0 bridgehead atoms. The van der Waals surface area contributed by atoms with Gasteiger partial charge in [0.05, 0.1) is 0 Å². The highest BCUT2D eigenvalue weighted by Gasteiger charge is 2.06. The first-order chi connectivity index (χ1) is 10.1. The molecule has 1 amide bonds. The number of aryl methyl sites for hydroxylation is 2. The molecule has 0 saturated carbocycles. The third-order valence-corrected chi connectivity index (χ3v) is 3.55. The summed E-state index contributed by atoms with van der Waals surface area (Å²) in [6, 6.07) is 15.9. The fourth-order valence-electron chi connectivity index (χ4n) is 2.51. The van der Waals surface area contributed by atoms with Gasteiger partial charge in [-0.05, 0) is 55.1 Å². The molecule has 106 valence electrons. The molecule has 0 aliphatic rings. The highest BCUT2D eigenvalue weighted by Crippen LogP contribution is 2.16. The van der Waals surface area contributed by atoms with Crippen molar-refractivity contribution in [2.24, 2.45) is 0 Å². The van der Waals surface area contributed by atoms with Gasteiger partial charge in [0.15, 0.2) is 0 Å². The minimum Gasteiger partial charge on any atom is -0.359 e. The Morgan fingerprint density at radius 3 is 2.76 bits per heavy atom. The van der Waals surface area contributed by atoms with Crippen molar-refractivity contribution in [1.29, 1.82) is 0 Å². The van der Waals surface area contributed by atoms with E-state index >= 15 is 0 Å². The van der Waals surface area contributed by atoms with Crippen LogP contribution in [-0.4, -0.2) is 10.9 Å². The Morgan fingerprint density at radius 2 is 1.95 bits per heavy atom. The molecule has 1 aromatic heterocycles. The Hall–Kier alpha value is -2.55. The minimum absolute atomic E-state index is 0.0379. The van der Waals surface area contributed by atoms with Gasteiger partial charge in [0.1, 0.15) is 0 Å². The number of fused-ring (bicyclic) bond motifs is 1. The zero-order valence-corrected chi connectivity index (χ0v) is 12.2. The average molecular weight is 278 g/mol. The molecule has 3 rings (SSSR count). The van der Waals surface area contributed by atoms with Crippen LogP contribution in [0.25, 0.3) is 10.9 Å². The van der Waals surface area contributed by atoms with E-state index in [4.69, 9.17) is 0 Å². The molecule has 3 nitrogen and oxygen atoms in total. The molecule has 1 heterocycles. The van der Waals surface area contributed by atoms with Crippen LogP contribution >= 0.6 is 0 Å². The summed E-state index contributed by atoms with van der Waals surface area (Å²) < 4.78 is 0. The van der Waals surface area contributed by atoms with Crippen LogP contribution in [0.5, 0.6) is 0 Å². The van der Waals surface area contributed by atoms with E-state index in [0.29, 0.717) is 12.1 Å². The second-order valence-corrected chi connectivity index (χ2v) is 5.43. The number of hydrogen-bond donors (Lipinski definition) is 2. The molecular weight excluding hydrogens is 260 g/mol. The normalized spacial score (nSPS) is 10.8. The molecule has 3 aromatic rings. The molecule has 0 unspecified atom stereocenters. The van der Waals surface area contributed by atoms with E-state index in [1.165, 1.54) is 5.39 Å². The van der Waals surface area contributed by atoms with Gasteiger partial charge in [-0.3, -0.25) is 4.79 Å². The van der Waals surface area contributed by atoms with Crippen LogP contribution in [-0.2, 0) is 6.54 Å². The lowest BCUT2D eigenvalue weighted by molar-refractivity contribution is 0.0951. The number of hydrogen-bond acceptors (Lipinski definition) is 1. The number of rotatable bonds is 3. The van der Waals surface area contributed by atoms with Crippen LogP contribution in [0.2, 0.25) is 0 Å². The number of aromatic nitrogens is 1. The molecule has 0 saturated heterocycles. The molecule has 2 N–H and O–H groups in total. The maximum absolute atomic E-state index is 12.1. The fourth-order valence-corrected chi connectivity index (χ4v) is 2.51.